The van der Waals surface area contributed by atoms with Crippen LogP contribution in [0.1, 0.15) is 37.3 Å². The van der Waals surface area contributed by atoms with E-state index in [0.29, 0.717) is 12.5 Å². The van der Waals surface area contributed by atoms with Gasteiger partial charge in [0.25, 0.3) is 0 Å². The fourth-order valence-electron chi connectivity index (χ4n) is 2.99. The molecule has 19 heavy (non-hydrogen) atoms. The van der Waals surface area contributed by atoms with Gasteiger partial charge in [-0.25, -0.2) is 0 Å². The van der Waals surface area contributed by atoms with Gasteiger partial charge in [-0.1, -0.05) is 30.3 Å². The van der Waals surface area contributed by atoms with Crippen LogP contribution in [0.5, 0.6) is 0 Å². The maximum absolute atomic E-state index is 11.3. The maximum Gasteiger partial charge on any atom is 0.220 e. The molecule has 1 aromatic rings. The number of hydrogen-bond acceptors (Lipinski definition) is 2. The second-order valence-electron chi connectivity index (χ2n) is 5.21. The van der Waals surface area contributed by atoms with E-state index in [-0.39, 0.29) is 29.3 Å². The van der Waals surface area contributed by atoms with Crippen LogP contribution in [0.3, 0.4) is 0 Å². The van der Waals surface area contributed by atoms with E-state index in [0.717, 1.165) is 25.8 Å². The van der Waals surface area contributed by atoms with E-state index in [9.17, 15) is 4.79 Å². The number of nitrogens with one attached hydrogen (secondary N) is 2. The van der Waals surface area contributed by atoms with E-state index in [4.69, 9.17) is 0 Å². The third-order valence-electron chi connectivity index (χ3n) is 4.04. The minimum absolute atomic E-state index is 0. The fraction of sp³-hybridized carbons (Fsp3) is 0.500. The number of amides is 1. The molecule has 0 aliphatic carbocycles. The van der Waals surface area contributed by atoms with Crippen molar-refractivity contribution in [1.29, 1.82) is 0 Å². The number of benzene rings is 1. The average molecular weight is 285 g/mol. The zero-order valence-electron chi connectivity index (χ0n) is 10.8. The van der Waals surface area contributed by atoms with Crippen LogP contribution in [0.4, 0.5) is 0 Å². The Labute approximate surface area is 119 Å². The van der Waals surface area contributed by atoms with Gasteiger partial charge in [0.1, 0.15) is 0 Å². The molecule has 106 valence electrons. The summed E-state index contributed by atoms with van der Waals surface area (Å²) in [5, 5.41) is 6.71. The van der Waals surface area contributed by atoms with Gasteiger partial charge in [0, 0.05) is 19.0 Å². The molecule has 2 heterocycles. The van der Waals surface area contributed by atoms with E-state index in [1.54, 1.807) is 0 Å². The smallest absolute Gasteiger partial charge is 0.220 e. The highest BCUT2D eigenvalue weighted by Crippen LogP contribution is 2.33. The molecular formula is C14H21ClN2O2. The number of carbonyl (C=O) groups excluding carboxylic acids is 1. The van der Waals surface area contributed by atoms with Gasteiger partial charge in [-0.15, -0.1) is 12.4 Å². The Kier molecular flexibility index (Phi) is 5.35. The van der Waals surface area contributed by atoms with Crippen molar-refractivity contribution in [2.75, 3.05) is 6.54 Å². The van der Waals surface area contributed by atoms with Gasteiger partial charge in [0.05, 0.1) is 5.54 Å². The molecule has 4 N–H and O–H groups in total. The van der Waals surface area contributed by atoms with E-state index in [2.05, 4.69) is 34.9 Å². The molecule has 2 fully saturated rings. The number of carbonyl (C=O) groups is 1. The van der Waals surface area contributed by atoms with Gasteiger partial charge in [-0.3, -0.25) is 4.79 Å². The summed E-state index contributed by atoms with van der Waals surface area (Å²) in [4.78, 5) is 11.3. The van der Waals surface area contributed by atoms with Gasteiger partial charge in [-0.05, 0) is 24.8 Å². The van der Waals surface area contributed by atoms with Crippen molar-refractivity contribution in [2.45, 2.75) is 37.3 Å². The molecule has 1 aromatic carbocycles. The van der Waals surface area contributed by atoms with Crippen molar-refractivity contribution in [3.63, 3.8) is 0 Å². The lowest BCUT2D eigenvalue weighted by molar-refractivity contribution is -0.119. The van der Waals surface area contributed by atoms with Crippen molar-refractivity contribution in [3.05, 3.63) is 35.9 Å². The van der Waals surface area contributed by atoms with E-state index in [1.807, 2.05) is 6.07 Å². The van der Waals surface area contributed by atoms with Gasteiger partial charge in [0.2, 0.25) is 5.91 Å². The van der Waals surface area contributed by atoms with Crippen molar-refractivity contribution >= 4 is 18.3 Å². The lowest BCUT2D eigenvalue weighted by Crippen LogP contribution is -2.53. The van der Waals surface area contributed by atoms with Crippen molar-refractivity contribution in [1.82, 2.24) is 10.6 Å². The Morgan fingerprint density at radius 3 is 2.42 bits per heavy atom. The maximum atomic E-state index is 11.3. The topological polar surface area (TPSA) is 72.6 Å². The molecule has 1 amide bonds. The van der Waals surface area contributed by atoms with Crippen LogP contribution in [0.15, 0.2) is 30.3 Å². The van der Waals surface area contributed by atoms with Crippen molar-refractivity contribution in [3.8, 4) is 0 Å². The second kappa shape index (κ2) is 6.37. The van der Waals surface area contributed by atoms with Crippen LogP contribution in [-0.4, -0.2) is 23.5 Å². The highest BCUT2D eigenvalue weighted by molar-refractivity contribution is 5.85. The molecule has 0 bridgehead atoms. The van der Waals surface area contributed by atoms with Gasteiger partial charge < -0.3 is 16.1 Å². The average Bonchev–Trinajstić information content (AvgIpc) is 2.73. The Bertz CT molecular complexity index is 417. The fourth-order valence-corrected chi connectivity index (χ4v) is 2.99. The quantitative estimate of drug-likeness (QED) is 0.817. The minimum atomic E-state index is 0. The first-order valence-electron chi connectivity index (χ1n) is 6.37. The summed E-state index contributed by atoms with van der Waals surface area (Å²) in [6, 6.07) is 11.0. The van der Waals surface area contributed by atoms with Crippen LogP contribution >= 0.6 is 12.4 Å². The number of piperidine rings is 1. The molecule has 0 aromatic heterocycles. The van der Waals surface area contributed by atoms with Gasteiger partial charge in [0.15, 0.2) is 0 Å². The highest BCUT2D eigenvalue weighted by Gasteiger charge is 2.40. The monoisotopic (exact) mass is 284 g/mol. The highest BCUT2D eigenvalue weighted by atomic mass is 35.5. The first-order chi connectivity index (χ1) is 8.27. The molecule has 5 heteroatoms. The molecule has 2 atom stereocenters. The Morgan fingerprint density at radius 2 is 1.89 bits per heavy atom. The first kappa shape index (κ1) is 16.0. The second-order valence-corrected chi connectivity index (χ2v) is 5.21. The molecule has 0 saturated carbocycles. The number of hydrogen-bond donors (Lipinski definition) is 2. The van der Waals surface area contributed by atoms with E-state index in [1.165, 1.54) is 5.56 Å². The first-order valence-corrected chi connectivity index (χ1v) is 6.37. The lowest BCUT2D eigenvalue weighted by atomic mass is 9.84. The summed E-state index contributed by atoms with van der Waals surface area (Å²) >= 11 is 0. The number of halogens is 1. The van der Waals surface area contributed by atoms with Crippen LogP contribution < -0.4 is 10.6 Å². The molecule has 2 unspecified atom stereocenters. The van der Waals surface area contributed by atoms with Crippen LogP contribution in [0.25, 0.3) is 0 Å². The van der Waals surface area contributed by atoms with Crippen LogP contribution in [0.2, 0.25) is 0 Å². The minimum Gasteiger partial charge on any atom is -0.412 e. The zero-order chi connectivity index (χ0) is 11.7. The zero-order valence-corrected chi connectivity index (χ0v) is 11.6. The molecule has 2 aliphatic rings. The summed E-state index contributed by atoms with van der Waals surface area (Å²) in [6.45, 7) is 0.901. The van der Waals surface area contributed by atoms with E-state index >= 15 is 0 Å². The normalized spacial score (nSPS) is 29.3. The summed E-state index contributed by atoms with van der Waals surface area (Å²) in [6.07, 6.45) is 3.87. The molecular weight excluding hydrogens is 264 g/mol. The third-order valence-corrected chi connectivity index (χ3v) is 4.04. The van der Waals surface area contributed by atoms with E-state index < -0.39 is 0 Å². The van der Waals surface area contributed by atoms with Gasteiger partial charge >= 0.3 is 0 Å². The molecule has 4 nitrogen and oxygen atoms in total. The predicted octanol–water partition coefficient (Wildman–Crippen LogP) is 1.36. The largest absolute Gasteiger partial charge is 0.412 e. The molecule has 3 rings (SSSR count). The standard InChI is InChI=1S/C14H18N2O.ClH.H2O/c17-13-7-9-14(16-13)8-6-12(15-10-14)11-4-2-1-3-5-11;;/h1-5,12,15H,6-10H2,(H,16,17);1H;1H2. The number of rotatable bonds is 1. The SMILES string of the molecule is Cl.O.O=C1CCC2(CCC(c3ccccc3)NC2)N1. The Hall–Kier alpha value is -1.10. The molecule has 2 aliphatic heterocycles. The third kappa shape index (κ3) is 3.26. The molecule has 2 saturated heterocycles. The van der Waals surface area contributed by atoms with Crippen LogP contribution in [-0.2, 0) is 4.79 Å². The van der Waals surface area contributed by atoms with Crippen molar-refractivity contribution in [2.24, 2.45) is 0 Å². The Balaban J connectivity index is 0.000000902. The summed E-state index contributed by atoms with van der Waals surface area (Å²) in [5.41, 5.74) is 1.40. The van der Waals surface area contributed by atoms with Crippen LogP contribution in [0, 0.1) is 0 Å². The summed E-state index contributed by atoms with van der Waals surface area (Å²) in [5.74, 6) is 0.213. The van der Waals surface area contributed by atoms with Gasteiger partial charge in [-0.2, -0.15) is 0 Å². The predicted molar refractivity (Wildman–Crippen MR) is 77.4 cm³/mol. The molecule has 0 radical (unpaired) electrons. The summed E-state index contributed by atoms with van der Waals surface area (Å²) < 4.78 is 0. The molecule has 1 spiro atoms. The van der Waals surface area contributed by atoms with Crippen molar-refractivity contribution < 1.29 is 10.3 Å². The lowest BCUT2D eigenvalue weighted by Gasteiger charge is -2.38. The summed E-state index contributed by atoms with van der Waals surface area (Å²) in [7, 11) is 0. The Morgan fingerprint density at radius 1 is 1.16 bits per heavy atom.